The minimum atomic E-state index is -3.75. The fraction of sp³-hybridized carbons (Fsp3) is 0.409. The van der Waals surface area contributed by atoms with E-state index in [0.29, 0.717) is 37.3 Å². The zero-order valence-electron chi connectivity index (χ0n) is 17.6. The molecule has 1 fully saturated rings. The van der Waals surface area contributed by atoms with E-state index in [-0.39, 0.29) is 16.2 Å². The van der Waals surface area contributed by atoms with Crippen molar-refractivity contribution in [1.82, 2.24) is 4.72 Å². The Kier molecular flexibility index (Phi) is 7.64. The van der Waals surface area contributed by atoms with Gasteiger partial charge in [-0.25, -0.2) is 17.5 Å². The van der Waals surface area contributed by atoms with Gasteiger partial charge in [-0.3, -0.25) is 4.79 Å². The monoisotopic (exact) mass is 450 g/mol. The number of halogens is 1. The van der Waals surface area contributed by atoms with Gasteiger partial charge >= 0.3 is 0 Å². The van der Waals surface area contributed by atoms with Crippen molar-refractivity contribution in [2.45, 2.75) is 24.7 Å². The Hall–Kier alpha value is -2.49. The molecule has 2 atom stereocenters. The summed E-state index contributed by atoms with van der Waals surface area (Å²) in [6.07, 6.45) is 1.66. The van der Waals surface area contributed by atoms with Gasteiger partial charge in [0.1, 0.15) is 0 Å². The molecule has 3 rings (SSSR count). The summed E-state index contributed by atoms with van der Waals surface area (Å²) in [7, 11) is -2.43. The van der Waals surface area contributed by atoms with Crippen LogP contribution < -0.4 is 14.8 Å². The van der Waals surface area contributed by atoms with Gasteiger partial charge in [-0.15, -0.1) is 0 Å². The minimum absolute atomic E-state index is 0.00262. The predicted octanol–water partition coefficient (Wildman–Crippen LogP) is 3.43. The van der Waals surface area contributed by atoms with Crippen molar-refractivity contribution in [3.8, 4) is 5.75 Å². The maximum Gasteiger partial charge on any atom is 0.255 e. The molecule has 1 heterocycles. The molecule has 31 heavy (non-hydrogen) atoms. The molecule has 1 amide bonds. The van der Waals surface area contributed by atoms with Crippen molar-refractivity contribution in [2.24, 2.45) is 11.8 Å². The van der Waals surface area contributed by atoms with E-state index in [2.05, 4.69) is 17.0 Å². The molecule has 2 aromatic carbocycles. The third kappa shape index (κ3) is 6.03. The molecular formula is C22H27FN2O5S. The van der Waals surface area contributed by atoms with E-state index < -0.39 is 21.7 Å². The molecule has 1 aliphatic heterocycles. The largest absolute Gasteiger partial charge is 0.494 e. The Morgan fingerprint density at radius 3 is 2.81 bits per heavy atom. The first-order valence-electron chi connectivity index (χ1n) is 10.1. The summed E-state index contributed by atoms with van der Waals surface area (Å²) in [6, 6.07) is 9.71. The van der Waals surface area contributed by atoms with Crippen molar-refractivity contribution in [3.05, 3.63) is 53.8 Å². The highest BCUT2D eigenvalue weighted by atomic mass is 32.2. The number of benzene rings is 2. The zero-order chi connectivity index (χ0) is 22.4. The predicted molar refractivity (Wildman–Crippen MR) is 115 cm³/mol. The third-order valence-electron chi connectivity index (χ3n) is 5.44. The molecule has 0 bridgehead atoms. The first-order chi connectivity index (χ1) is 14.8. The minimum Gasteiger partial charge on any atom is -0.494 e. The first kappa shape index (κ1) is 23.2. The number of anilines is 1. The fourth-order valence-corrected chi connectivity index (χ4v) is 4.65. The average molecular weight is 451 g/mol. The Morgan fingerprint density at radius 1 is 1.26 bits per heavy atom. The second kappa shape index (κ2) is 10.2. The highest BCUT2D eigenvalue weighted by Gasteiger charge is 2.23. The van der Waals surface area contributed by atoms with Crippen molar-refractivity contribution >= 4 is 21.6 Å². The van der Waals surface area contributed by atoms with Crippen LogP contribution in [0.3, 0.4) is 0 Å². The lowest BCUT2D eigenvalue weighted by molar-refractivity contribution is 0.0221. The maximum atomic E-state index is 13.5. The van der Waals surface area contributed by atoms with Gasteiger partial charge in [0.15, 0.2) is 11.6 Å². The molecule has 0 saturated carbocycles. The Morgan fingerprint density at radius 2 is 2.06 bits per heavy atom. The molecule has 1 saturated heterocycles. The number of ether oxygens (including phenoxy) is 2. The second-order valence-corrected chi connectivity index (χ2v) is 9.39. The lowest BCUT2D eigenvalue weighted by Gasteiger charge is -2.28. The van der Waals surface area contributed by atoms with Crippen LogP contribution in [0.25, 0.3) is 0 Å². The number of methoxy groups -OCH3 is 1. The summed E-state index contributed by atoms with van der Waals surface area (Å²) in [5.41, 5.74) is 0.504. The van der Waals surface area contributed by atoms with Crippen LogP contribution in [0, 0.1) is 17.7 Å². The van der Waals surface area contributed by atoms with Crippen molar-refractivity contribution in [2.75, 3.05) is 32.2 Å². The second-order valence-electron chi connectivity index (χ2n) is 7.62. The summed E-state index contributed by atoms with van der Waals surface area (Å²) in [4.78, 5) is 12.6. The zero-order valence-corrected chi connectivity index (χ0v) is 18.4. The van der Waals surface area contributed by atoms with Crippen molar-refractivity contribution in [3.63, 3.8) is 0 Å². The lowest BCUT2D eigenvalue weighted by atomic mass is 9.87. The molecule has 9 heteroatoms. The molecule has 0 aliphatic carbocycles. The summed E-state index contributed by atoms with van der Waals surface area (Å²) in [6.45, 7) is 3.84. The van der Waals surface area contributed by atoms with E-state index in [1.165, 1.54) is 49.6 Å². The van der Waals surface area contributed by atoms with Crippen LogP contribution in [0.4, 0.5) is 10.1 Å². The van der Waals surface area contributed by atoms with Gasteiger partial charge in [0.2, 0.25) is 10.0 Å². The number of sulfonamides is 1. The highest BCUT2D eigenvalue weighted by Crippen LogP contribution is 2.25. The van der Waals surface area contributed by atoms with Crippen molar-refractivity contribution in [1.29, 1.82) is 0 Å². The van der Waals surface area contributed by atoms with E-state index >= 15 is 0 Å². The molecule has 1 aliphatic rings. The van der Waals surface area contributed by atoms with Crippen LogP contribution in [0.5, 0.6) is 5.75 Å². The molecule has 168 valence electrons. The van der Waals surface area contributed by atoms with Crippen LogP contribution in [0.2, 0.25) is 0 Å². The van der Waals surface area contributed by atoms with E-state index in [0.717, 1.165) is 12.8 Å². The van der Waals surface area contributed by atoms with Crippen LogP contribution in [-0.4, -0.2) is 41.2 Å². The molecule has 7 nitrogen and oxygen atoms in total. The van der Waals surface area contributed by atoms with Crippen LogP contribution in [-0.2, 0) is 14.8 Å². The molecule has 0 radical (unpaired) electrons. The quantitative estimate of drug-likeness (QED) is 0.643. The fourth-order valence-electron chi connectivity index (χ4n) is 3.56. The molecular weight excluding hydrogens is 423 g/mol. The Labute approximate surface area is 182 Å². The average Bonchev–Trinajstić information content (AvgIpc) is 2.76. The van der Waals surface area contributed by atoms with Crippen LogP contribution in [0.1, 0.15) is 30.1 Å². The number of carbonyl (C=O) groups is 1. The van der Waals surface area contributed by atoms with Gasteiger partial charge in [0, 0.05) is 37.1 Å². The van der Waals surface area contributed by atoms with Crippen LogP contribution in [0.15, 0.2) is 47.4 Å². The Balaban J connectivity index is 1.64. The molecule has 0 spiro atoms. The number of rotatable bonds is 8. The molecule has 2 aromatic rings. The summed E-state index contributed by atoms with van der Waals surface area (Å²) < 4.78 is 51.9. The summed E-state index contributed by atoms with van der Waals surface area (Å²) in [5, 5.41) is 2.62. The van der Waals surface area contributed by atoms with E-state index in [4.69, 9.17) is 9.47 Å². The first-order valence-corrected chi connectivity index (χ1v) is 11.6. The number of hydrogen-bond donors (Lipinski definition) is 2. The summed E-state index contributed by atoms with van der Waals surface area (Å²) >= 11 is 0. The molecule has 2 unspecified atom stereocenters. The standard InChI is InChI=1S/C22H27FN2O5S/c1-15-14-30-11-9-16(15)8-10-24-31(27,28)19-5-3-4-17(12-19)22(26)25-18-6-7-20(23)21(13-18)29-2/h3-7,12-13,15-16,24H,8-11,14H2,1-2H3,(H,25,26). The number of hydrogen-bond acceptors (Lipinski definition) is 5. The topological polar surface area (TPSA) is 93.7 Å². The SMILES string of the molecule is COc1cc(NC(=O)c2cccc(S(=O)(=O)NCCC3CCOCC3C)c2)ccc1F. The van der Waals surface area contributed by atoms with Gasteiger partial charge < -0.3 is 14.8 Å². The third-order valence-corrected chi connectivity index (χ3v) is 6.90. The molecule has 0 aromatic heterocycles. The van der Waals surface area contributed by atoms with Gasteiger partial charge in [-0.05, 0) is 55.0 Å². The number of nitrogens with one attached hydrogen (secondary N) is 2. The lowest BCUT2D eigenvalue weighted by Crippen LogP contribution is -2.31. The van der Waals surface area contributed by atoms with Crippen LogP contribution >= 0.6 is 0 Å². The van der Waals surface area contributed by atoms with Gasteiger partial charge in [0.05, 0.1) is 12.0 Å². The van der Waals surface area contributed by atoms with E-state index in [1.807, 2.05) is 0 Å². The number of carbonyl (C=O) groups excluding carboxylic acids is 1. The maximum absolute atomic E-state index is 13.5. The smallest absolute Gasteiger partial charge is 0.255 e. The van der Waals surface area contributed by atoms with E-state index in [9.17, 15) is 17.6 Å². The van der Waals surface area contributed by atoms with Crippen molar-refractivity contribution < 1.29 is 27.1 Å². The Bertz CT molecular complexity index is 1030. The van der Waals surface area contributed by atoms with Gasteiger partial charge in [-0.2, -0.15) is 0 Å². The molecule has 2 N–H and O–H groups in total. The van der Waals surface area contributed by atoms with Gasteiger partial charge in [-0.1, -0.05) is 13.0 Å². The summed E-state index contributed by atoms with van der Waals surface area (Å²) in [5.74, 6) is -0.245. The number of amides is 1. The normalized spacial score (nSPS) is 19.1. The van der Waals surface area contributed by atoms with E-state index in [1.54, 1.807) is 0 Å². The highest BCUT2D eigenvalue weighted by molar-refractivity contribution is 7.89. The van der Waals surface area contributed by atoms with Gasteiger partial charge in [0.25, 0.3) is 5.91 Å².